The van der Waals surface area contributed by atoms with E-state index in [-0.39, 0.29) is 5.76 Å². The van der Waals surface area contributed by atoms with Gasteiger partial charge < -0.3 is 4.42 Å². The van der Waals surface area contributed by atoms with Gasteiger partial charge in [0.15, 0.2) is 0 Å². The Morgan fingerprint density at radius 1 is 1.11 bits per heavy atom. The van der Waals surface area contributed by atoms with Crippen LogP contribution in [-0.2, 0) is 0 Å². The molecule has 0 atom stereocenters. The molecule has 2 aromatic rings. The minimum absolute atomic E-state index is 0.316. The van der Waals surface area contributed by atoms with Crippen LogP contribution in [0.1, 0.15) is 43.9 Å². The lowest BCUT2D eigenvalue weighted by atomic mass is 9.89. The van der Waals surface area contributed by atoms with E-state index in [2.05, 4.69) is 5.10 Å². The second-order valence-electron chi connectivity index (χ2n) is 4.79. The minimum atomic E-state index is -0.387. The van der Waals surface area contributed by atoms with E-state index in [4.69, 9.17) is 4.42 Å². The van der Waals surface area contributed by atoms with Crippen molar-refractivity contribution in [2.24, 2.45) is 0 Å². The minimum Gasteiger partial charge on any atom is -0.392 e. The Morgan fingerprint density at radius 2 is 1.83 bits per heavy atom. The summed E-state index contributed by atoms with van der Waals surface area (Å²) in [5.74, 6) is 0.529. The monoisotopic (exact) mass is 244 g/mol. The highest BCUT2D eigenvalue weighted by Gasteiger charge is 2.22. The first kappa shape index (κ1) is 11.3. The maximum Gasteiger partial charge on any atom is 0.441 e. The van der Waals surface area contributed by atoms with Crippen molar-refractivity contribution in [3.05, 3.63) is 46.8 Å². The molecule has 1 aliphatic rings. The molecular formula is C14H16N2O2. The van der Waals surface area contributed by atoms with Crippen LogP contribution in [0.3, 0.4) is 0 Å². The van der Waals surface area contributed by atoms with Gasteiger partial charge in [0.05, 0.1) is 5.69 Å². The smallest absolute Gasteiger partial charge is 0.392 e. The average molecular weight is 244 g/mol. The topological polar surface area (TPSA) is 48.0 Å². The number of hydrogen-bond acceptors (Lipinski definition) is 3. The molecule has 0 radical (unpaired) electrons. The maximum atomic E-state index is 11.8. The molecule has 4 heteroatoms. The van der Waals surface area contributed by atoms with Gasteiger partial charge in [0.2, 0.25) is 5.89 Å². The fourth-order valence-electron chi connectivity index (χ4n) is 2.54. The molecular weight excluding hydrogens is 228 g/mol. The Morgan fingerprint density at radius 3 is 2.56 bits per heavy atom. The van der Waals surface area contributed by atoms with Crippen molar-refractivity contribution >= 4 is 0 Å². The number of rotatable bonds is 2. The first-order valence-electron chi connectivity index (χ1n) is 6.50. The third kappa shape index (κ3) is 2.10. The largest absolute Gasteiger partial charge is 0.441 e. The van der Waals surface area contributed by atoms with E-state index in [1.165, 1.54) is 23.9 Å². The Balaban J connectivity index is 1.93. The lowest BCUT2D eigenvalue weighted by molar-refractivity contribution is 0.353. The fourth-order valence-corrected chi connectivity index (χ4v) is 2.54. The summed E-state index contributed by atoms with van der Waals surface area (Å²) in [6.07, 6.45) is 5.84. The van der Waals surface area contributed by atoms with E-state index in [0.29, 0.717) is 11.8 Å². The van der Waals surface area contributed by atoms with Gasteiger partial charge in [0, 0.05) is 5.92 Å². The Kier molecular flexibility index (Phi) is 3.00. The lowest BCUT2D eigenvalue weighted by Crippen LogP contribution is -2.13. The highest BCUT2D eigenvalue weighted by atomic mass is 16.4. The van der Waals surface area contributed by atoms with Crippen LogP contribution in [0.2, 0.25) is 0 Å². The van der Waals surface area contributed by atoms with Gasteiger partial charge in [0.1, 0.15) is 0 Å². The van der Waals surface area contributed by atoms with E-state index in [1.54, 1.807) is 0 Å². The molecule has 0 N–H and O–H groups in total. The van der Waals surface area contributed by atoms with Gasteiger partial charge in [0.25, 0.3) is 0 Å². The molecule has 0 unspecified atom stereocenters. The average Bonchev–Trinajstić information content (AvgIpc) is 2.83. The van der Waals surface area contributed by atoms with E-state index in [0.717, 1.165) is 18.5 Å². The molecule has 1 aromatic heterocycles. The number of para-hydroxylation sites is 1. The zero-order valence-corrected chi connectivity index (χ0v) is 10.2. The normalized spacial score (nSPS) is 16.9. The van der Waals surface area contributed by atoms with Crippen molar-refractivity contribution in [2.45, 2.75) is 38.0 Å². The summed E-state index contributed by atoms with van der Waals surface area (Å²) in [4.78, 5) is 11.8. The van der Waals surface area contributed by atoms with Gasteiger partial charge in [-0.1, -0.05) is 37.5 Å². The first-order chi connectivity index (χ1) is 8.84. The molecule has 18 heavy (non-hydrogen) atoms. The quantitative estimate of drug-likeness (QED) is 0.816. The molecule has 1 heterocycles. The van der Waals surface area contributed by atoms with Crippen LogP contribution >= 0.6 is 0 Å². The third-order valence-corrected chi connectivity index (χ3v) is 3.52. The van der Waals surface area contributed by atoms with Crippen LogP contribution in [0, 0.1) is 0 Å². The molecule has 0 spiro atoms. The predicted molar refractivity (Wildman–Crippen MR) is 67.9 cm³/mol. The molecule has 0 bridgehead atoms. The number of benzene rings is 1. The van der Waals surface area contributed by atoms with Crippen LogP contribution < -0.4 is 5.76 Å². The first-order valence-corrected chi connectivity index (χ1v) is 6.50. The Hall–Kier alpha value is -1.84. The lowest BCUT2D eigenvalue weighted by Gasteiger charge is -2.17. The summed E-state index contributed by atoms with van der Waals surface area (Å²) >= 11 is 0. The van der Waals surface area contributed by atoms with E-state index in [1.807, 2.05) is 30.3 Å². The summed E-state index contributed by atoms with van der Waals surface area (Å²) in [6.45, 7) is 0. The molecule has 4 nitrogen and oxygen atoms in total. The van der Waals surface area contributed by atoms with Crippen molar-refractivity contribution in [3.8, 4) is 5.69 Å². The van der Waals surface area contributed by atoms with Gasteiger partial charge in [-0.2, -0.15) is 4.68 Å². The molecule has 94 valence electrons. The second-order valence-corrected chi connectivity index (χ2v) is 4.79. The molecule has 1 fully saturated rings. The molecule has 0 amide bonds. The van der Waals surface area contributed by atoms with Crippen molar-refractivity contribution in [1.82, 2.24) is 9.78 Å². The van der Waals surface area contributed by atoms with Crippen LogP contribution in [0.5, 0.6) is 0 Å². The molecule has 0 aliphatic heterocycles. The van der Waals surface area contributed by atoms with Gasteiger partial charge >= 0.3 is 5.76 Å². The van der Waals surface area contributed by atoms with Gasteiger partial charge in [-0.15, -0.1) is 5.10 Å². The highest BCUT2D eigenvalue weighted by Crippen LogP contribution is 2.31. The summed E-state index contributed by atoms with van der Waals surface area (Å²) < 4.78 is 6.66. The predicted octanol–water partition coefficient (Wildman–Crippen LogP) is 2.87. The zero-order chi connectivity index (χ0) is 12.4. The van der Waals surface area contributed by atoms with Gasteiger partial charge in [-0.25, -0.2) is 4.79 Å². The van der Waals surface area contributed by atoms with Crippen molar-refractivity contribution in [2.75, 3.05) is 0 Å². The van der Waals surface area contributed by atoms with Crippen molar-refractivity contribution < 1.29 is 4.42 Å². The van der Waals surface area contributed by atoms with Crippen LogP contribution in [0.15, 0.2) is 39.5 Å². The maximum absolute atomic E-state index is 11.8. The molecule has 1 aromatic carbocycles. The zero-order valence-electron chi connectivity index (χ0n) is 10.2. The Bertz CT molecular complexity index is 565. The Labute approximate surface area is 105 Å². The summed E-state index contributed by atoms with van der Waals surface area (Å²) in [7, 11) is 0. The fraction of sp³-hybridized carbons (Fsp3) is 0.429. The standard InChI is InChI=1S/C14H16N2O2/c17-14-16(12-9-5-2-6-10-12)15-13(18-14)11-7-3-1-4-8-11/h2,5-6,9-11H,1,3-4,7-8H2. The number of nitrogens with zero attached hydrogens (tertiary/aromatic N) is 2. The second kappa shape index (κ2) is 4.80. The van der Waals surface area contributed by atoms with Crippen LogP contribution in [0.4, 0.5) is 0 Å². The van der Waals surface area contributed by atoms with E-state index in [9.17, 15) is 4.79 Å². The summed E-state index contributed by atoms with van der Waals surface area (Å²) in [6, 6.07) is 9.40. The van der Waals surface area contributed by atoms with Crippen molar-refractivity contribution in [3.63, 3.8) is 0 Å². The SMILES string of the molecule is O=c1oc(C2CCCCC2)nn1-c1ccccc1. The highest BCUT2D eigenvalue weighted by molar-refractivity contribution is 5.29. The molecule has 0 saturated heterocycles. The number of hydrogen-bond donors (Lipinski definition) is 0. The summed E-state index contributed by atoms with van der Waals surface area (Å²) in [5, 5.41) is 4.34. The van der Waals surface area contributed by atoms with Gasteiger partial charge in [-0.05, 0) is 25.0 Å². The molecule has 3 rings (SSSR count). The van der Waals surface area contributed by atoms with Gasteiger partial charge in [-0.3, -0.25) is 0 Å². The van der Waals surface area contributed by atoms with E-state index < -0.39 is 0 Å². The summed E-state index contributed by atoms with van der Waals surface area (Å²) in [5.41, 5.74) is 0.758. The van der Waals surface area contributed by atoms with Crippen LogP contribution in [0.25, 0.3) is 5.69 Å². The number of aromatic nitrogens is 2. The van der Waals surface area contributed by atoms with Crippen molar-refractivity contribution in [1.29, 1.82) is 0 Å². The van der Waals surface area contributed by atoms with E-state index >= 15 is 0 Å². The molecule has 1 saturated carbocycles. The van der Waals surface area contributed by atoms with Crippen LogP contribution in [-0.4, -0.2) is 9.78 Å². The third-order valence-electron chi connectivity index (χ3n) is 3.52. The molecule has 1 aliphatic carbocycles.